The molecule has 0 bridgehead atoms. The molecular weight excluding hydrogens is 264 g/mol. The van der Waals surface area contributed by atoms with Crippen LogP contribution in [0.5, 0.6) is 5.88 Å². The summed E-state index contributed by atoms with van der Waals surface area (Å²) in [7, 11) is 1.34. The van der Waals surface area contributed by atoms with E-state index >= 15 is 0 Å². The van der Waals surface area contributed by atoms with Crippen molar-refractivity contribution in [3.05, 3.63) is 16.4 Å². The third-order valence-corrected chi connectivity index (χ3v) is 2.48. The first-order valence-corrected chi connectivity index (χ1v) is 6.45. The molecule has 8 heteroatoms. The summed E-state index contributed by atoms with van der Waals surface area (Å²) >= 11 is 0. The first-order chi connectivity index (χ1) is 9.56. The SMILES string of the molecule is COc1ncnc(NCCCCOC(C)C)c1[N+](=O)[O-]. The van der Waals surface area contributed by atoms with Gasteiger partial charge in [-0.15, -0.1) is 0 Å². The molecule has 8 nitrogen and oxygen atoms in total. The average Bonchev–Trinajstić information content (AvgIpc) is 2.41. The predicted octanol–water partition coefficient (Wildman–Crippen LogP) is 2.01. The van der Waals surface area contributed by atoms with Crippen LogP contribution in [-0.4, -0.2) is 41.3 Å². The lowest BCUT2D eigenvalue weighted by Crippen LogP contribution is -2.10. The Balaban J connectivity index is 2.49. The fourth-order valence-electron chi connectivity index (χ4n) is 1.56. The van der Waals surface area contributed by atoms with Gasteiger partial charge in [-0.2, -0.15) is 4.98 Å². The Hall–Kier alpha value is -1.96. The zero-order valence-electron chi connectivity index (χ0n) is 12.0. The van der Waals surface area contributed by atoms with E-state index in [4.69, 9.17) is 9.47 Å². The normalized spacial score (nSPS) is 10.6. The van der Waals surface area contributed by atoms with Gasteiger partial charge < -0.3 is 14.8 Å². The molecular formula is C12H20N4O4. The third kappa shape index (κ3) is 4.96. The van der Waals surface area contributed by atoms with E-state index in [1.54, 1.807) is 0 Å². The fourth-order valence-corrected chi connectivity index (χ4v) is 1.56. The van der Waals surface area contributed by atoms with Crippen LogP contribution in [0.4, 0.5) is 11.5 Å². The van der Waals surface area contributed by atoms with Crippen LogP contribution in [0.1, 0.15) is 26.7 Å². The summed E-state index contributed by atoms with van der Waals surface area (Å²) in [4.78, 5) is 18.0. The Morgan fingerprint density at radius 3 is 2.75 bits per heavy atom. The Morgan fingerprint density at radius 2 is 2.15 bits per heavy atom. The van der Waals surface area contributed by atoms with Crippen LogP contribution >= 0.6 is 0 Å². The van der Waals surface area contributed by atoms with Gasteiger partial charge in [0.15, 0.2) is 0 Å². The van der Waals surface area contributed by atoms with Crippen molar-refractivity contribution < 1.29 is 14.4 Å². The molecule has 1 heterocycles. The number of ether oxygens (including phenoxy) is 2. The molecule has 0 fully saturated rings. The van der Waals surface area contributed by atoms with Gasteiger partial charge in [0.1, 0.15) is 6.33 Å². The molecule has 1 aromatic heterocycles. The molecule has 0 aromatic carbocycles. The van der Waals surface area contributed by atoms with Gasteiger partial charge in [0, 0.05) is 13.2 Å². The first kappa shape index (κ1) is 16.1. The molecule has 0 aliphatic rings. The second-order valence-electron chi connectivity index (χ2n) is 4.39. The minimum Gasteiger partial charge on any atom is -0.476 e. The standard InChI is InChI=1S/C12H20N4O4/c1-9(2)20-7-5-4-6-13-11-10(16(17)18)12(19-3)15-8-14-11/h8-9H,4-7H2,1-3H3,(H,13,14,15). The van der Waals surface area contributed by atoms with Crippen LogP contribution in [0.3, 0.4) is 0 Å². The Kier molecular flexibility index (Phi) is 6.65. The van der Waals surface area contributed by atoms with E-state index in [1.807, 2.05) is 13.8 Å². The number of nitrogens with zero attached hydrogens (tertiary/aromatic N) is 3. The maximum atomic E-state index is 11.0. The summed E-state index contributed by atoms with van der Waals surface area (Å²) in [5.41, 5.74) is -0.242. The highest BCUT2D eigenvalue weighted by Gasteiger charge is 2.23. The maximum Gasteiger partial charge on any atom is 0.372 e. The van der Waals surface area contributed by atoms with Gasteiger partial charge >= 0.3 is 5.69 Å². The molecule has 0 unspecified atom stereocenters. The number of anilines is 1. The van der Waals surface area contributed by atoms with Crippen LogP contribution in [0.25, 0.3) is 0 Å². The second kappa shape index (κ2) is 8.26. The van der Waals surface area contributed by atoms with E-state index < -0.39 is 4.92 Å². The number of methoxy groups -OCH3 is 1. The molecule has 0 radical (unpaired) electrons. The van der Waals surface area contributed by atoms with Gasteiger partial charge in [0.05, 0.1) is 18.1 Å². The van der Waals surface area contributed by atoms with E-state index in [0.717, 1.165) is 12.8 Å². The average molecular weight is 284 g/mol. The lowest BCUT2D eigenvalue weighted by molar-refractivity contribution is -0.385. The number of unbranched alkanes of at least 4 members (excludes halogenated alkanes) is 1. The van der Waals surface area contributed by atoms with Gasteiger partial charge in [-0.3, -0.25) is 10.1 Å². The molecule has 1 N–H and O–H groups in total. The van der Waals surface area contributed by atoms with Crippen molar-refractivity contribution in [3.8, 4) is 5.88 Å². The Morgan fingerprint density at radius 1 is 1.40 bits per heavy atom. The molecule has 20 heavy (non-hydrogen) atoms. The van der Waals surface area contributed by atoms with Crippen molar-refractivity contribution in [1.29, 1.82) is 0 Å². The van der Waals surface area contributed by atoms with Gasteiger partial charge in [0.2, 0.25) is 5.82 Å². The second-order valence-corrected chi connectivity index (χ2v) is 4.39. The number of rotatable bonds is 9. The van der Waals surface area contributed by atoms with Gasteiger partial charge in [0.25, 0.3) is 5.88 Å². The smallest absolute Gasteiger partial charge is 0.372 e. The molecule has 0 saturated carbocycles. The first-order valence-electron chi connectivity index (χ1n) is 6.45. The highest BCUT2D eigenvalue weighted by Crippen LogP contribution is 2.30. The third-order valence-electron chi connectivity index (χ3n) is 2.48. The number of aromatic nitrogens is 2. The summed E-state index contributed by atoms with van der Waals surface area (Å²) in [6, 6.07) is 0. The van der Waals surface area contributed by atoms with Crippen LogP contribution in [0.2, 0.25) is 0 Å². The highest BCUT2D eigenvalue weighted by atomic mass is 16.6. The Bertz CT molecular complexity index is 439. The van der Waals surface area contributed by atoms with Gasteiger partial charge in [-0.05, 0) is 26.7 Å². The lowest BCUT2D eigenvalue weighted by atomic mass is 10.3. The molecule has 112 valence electrons. The minimum absolute atomic E-state index is 0.0457. The topological polar surface area (TPSA) is 99.4 Å². The largest absolute Gasteiger partial charge is 0.476 e. The summed E-state index contributed by atoms with van der Waals surface area (Å²) in [6.07, 6.45) is 3.16. The van der Waals surface area contributed by atoms with Crippen molar-refractivity contribution in [1.82, 2.24) is 9.97 Å². The van der Waals surface area contributed by atoms with Crippen molar-refractivity contribution in [2.24, 2.45) is 0 Å². The van der Waals surface area contributed by atoms with Gasteiger partial charge in [-0.25, -0.2) is 4.98 Å². The molecule has 0 aliphatic carbocycles. The number of nitro groups is 1. The number of hydrogen-bond donors (Lipinski definition) is 1. The van der Waals surface area contributed by atoms with Crippen LogP contribution in [0.15, 0.2) is 6.33 Å². The molecule has 0 spiro atoms. The Labute approximate surface area is 117 Å². The van der Waals surface area contributed by atoms with Crippen LogP contribution in [-0.2, 0) is 4.74 Å². The molecule has 0 amide bonds. The van der Waals surface area contributed by atoms with E-state index in [9.17, 15) is 10.1 Å². The summed E-state index contributed by atoms with van der Waals surface area (Å²) in [5.74, 6) is 0.127. The van der Waals surface area contributed by atoms with Crippen molar-refractivity contribution in [2.75, 3.05) is 25.6 Å². The van der Waals surface area contributed by atoms with E-state index in [-0.39, 0.29) is 23.5 Å². The number of nitrogens with one attached hydrogen (secondary N) is 1. The van der Waals surface area contributed by atoms with Crippen LogP contribution < -0.4 is 10.1 Å². The summed E-state index contributed by atoms with van der Waals surface area (Å²) in [6.45, 7) is 5.21. The molecule has 0 saturated heterocycles. The highest BCUT2D eigenvalue weighted by molar-refractivity contribution is 5.60. The molecule has 1 rings (SSSR count). The minimum atomic E-state index is -0.553. The zero-order chi connectivity index (χ0) is 15.0. The van der Waals surface area contributed by atoms with E-state index in [1.165, 1.54) is 13.4 Å². The van der Waals surface area contributed by atoms with Gasteiger partial charge in [-0.1, -0.05) is 0 Å². The summed E-state index contributed by atoms with van der Waals surface area (Å²) < 4.78 is 10.3. The summed E-state index contributed by atoms with van der Waals surface area (Å²) in [5, 5.41) is 13.9. The predicted molar refractivity (Wildman–Crippen MR) is 74.1 cm³/mol. The van der Waals surface area contributed by atoms with Crippen molar-refractivity contribution in [2.45, 2.75) is 32.8 Å². The zero-order valence-corrected chi connectivity index (χ0v) is 12.0. The molecule has 1 aromatic rings. The van der Waals surface area contributed by atoms with E-state index in [0.29, 0.717) is 13.2 Å². The quantitative estimate of drug-likeness (QED) is 0.420. The monoisotopic (exact) mass is 284 g/mol. The molecule has 0 aliphatic heterocycles. The van der Waals surface area contributed by atoms with E-state index in [2.05, 4.69) is 15.3 Å². The molecule has 0 atom stereocenters. The van der Waals surface area contributed by atoms with Crippen molar-refractivity contribution in [3.63, 3.8) is 0 Å². The number of hydrogen-bond acceptors (Lipinski definition) is 7. The van der Waals surface area contributed by atoms with Crippen molar-refractivity contribution >= 4 is 11.5 Å². The van der Waals surface area contributed by atoms with Crippen LogP contribution in [0, 0.1) is 10.1 Å². The maximum absolute atomic E-state index is 11.0. The lowest BCUT2D eigenvalue weighted by Gasteiger charge is -2.09. The fraction of sp³-hybridized carbons (Fsp3) is 0.667.